The lowest BCUT2D eigenvalue weighted by Crippen LogP contribution is -2.32. The molecule has 1 aliphatic carbocycles. The minimum absolute atomic E-state index is 0.0910. The van der Waals surface area contributed by atoms with Crippen molar-refractivity contribution >= 4 is 5.97 Å². The summed E-state index contributed by atoms with van der Waals surface area (Å²) < 4.78 is 10.4. The highest BCUT2D eigenvalue weighted by Gasteiger charge is 2.40. The molecule has 240 valence electrons. The minimum Gasteiger partial charge on any atom is -0.463 e. The maximum Gasteiger partial charge on any atom is 0.305 e. The van der Waals surface area contributed by atoms with E-state index in [9.17, 15) is 20.1 Å². The second-order valence-corrected chi connectivity index (χ2v) is 10.4. The predicted octanol–water partition coefficient (Wildman–Crippen LogP) is 2.19. The lowest BCUT2D eigenvalue weighted by atomic mass is 9.85. The van der Waals surface area contributed by atoms with Crippen molar-refractivity contribution < 1.29 is 60.1 Å². The van der Waals surface area contributed by atoms with Gasteiger partial charge in [-0.15, -0.1) is 0 Å². The molecule has 1 aliphatic rings. The highest BCUT2D eigenvalue weighted by Crippen LogP contribution is 2.38. The van der Waals surface area contributed by atoms with E-state index in [1.54, 1.807) is 0 Å². The van der Waals surface area contributed by atoms with E-state index in [0.29, 0.717) is 44.9 Å². The first-order valence-corrected chi connectivity index (χ1v) is 14.3. The fraction of sp³-hybridized carbons (Fsp3) is 0.679. The van der Waals surface area contributed by atoms with Crippen LogP contribution in [0.25, 0.3) is 0 Å². The smallest absolute Gasteiger partial charge is 0.305 e. The van der Waals surface area contributed by atoms with Crippen LogP contribution in [0.3, 0.4) is 0 Å². The van der Waals surface area contributed by atoms with Crippen LogP contribution < -0.4 is 0 Å². The third kappa shape index (κ3) is 15.4. The number of aliphatic hydroxyl groups excluding tert-OH is 3. The van der Waals surface area contributed by atoms with Gasteiger partial charge in [0.05, 0.1) is 42.3 Å². The number of carbonyl (C=O) groups excluding carboxylic acids is 1. The summed E-state index contributed by atoms with van der Waals surface area (Å²) in [6, 6.07) is 9.99. The van der Waals surface area contributed by atoms with Crippen molar-refractivity contribution in [3.05, 3.63) is 48.0 Å². The number of benzene rings is 1. The summed E-state index contributed by atoms with van der Waals surface area (Å²) in [6.07, 6.45) is 6.14. The van der Waals surface area contributed by atoms with Gasteiger partial charge in [0.1, 0.15) is 19.3 Å². The van der Waals surface area contributed by atoms with Gasteiger partial charge in [0.25, 0.3) is 0 Å². The summed E-state index contributed by atoms with van der Waals surface area (Å²) in [5.74, 6) is -0.680. The number of carbonyl (C=O) groups is 1. The van der Waals surface area contributed by atoms with Crippen molar-refractivity contribution in [1.29, 1.82) is 0 Å². The predicted molar refractivity (Wildman–Crippen MR) is 145 cm³/mol. The molecule has 1 saturated carbocycles. The van der Waals surface area contributed by atoms with Crippen molar-refractivity contribution in [2.75, 3.05) is 26.4 Å². The molecule has 0 radical (unpaired) electrons. The Balaban J connectivity index is 1.65. The molecule has 2 rings (SSSR count). The Morgan fingerprint density at radius 3 is 2.36 bits per heavy atom. The van der Waals surface area contributed by atoms with Crippen molar-refractivity contribution in [3.8, 4) is 0 Å². The molecule has 0 aromatic heterocycles. The lowest BCUT2D eigenvalue weighted by molar-refractivity contribution is -0.497. The molecule has 1 aromatic rings. The van der Waals surface area contributed by atoms with Gasteiger partial charge in [-0.3, -0.25) is 25.6 Å². The van der Waals surface area contributed by atoms with Crippen LogP contribution in [0.4, 0.5) is 0 Å². The van der Waals surface area contributed by atoms with E-state index >= 15 is 0 Å². The van der Waals surface area contributed by atoms with Gasteiger partial charge in [0.15, 0.2) is 0 Å². The highest BCUT2D eigenvalue weighted by molar-refractivity contribution is 5.69. The van der Waals surface area contributed by atoms with E-state index in [-0.39, 0.29) is 44.7 Å². The van der Waals surface area contributed by atoms with Crippen LogP contribution in [-0.4, -0.2) is 104 Å². The number of unbranched alkanes of at least 4 members (excludes halogenated alkanes) is 1. The zero-order valence-corrected chi connectivity index (χ0v) is 23.8. The topological polar surface area (TPSA) is 202 Å². The molecule has 14 nitrogen and oxygen atoms in total. The Kier molecular flexibility index (Phi) is 17.9. The minimum atomic E-state index is -0.879. The molecule has 7 N–H and O–H groups in total. The van der Waals surface area contributed by atoms with E-state index in [4.69, 9.17) is 30.3 Å². The average molecular weight is 603 g/mol. The number of aliphatic hydroxyl groups is 3. The Bertz CT molecular complexity index is 876. The maximum atomic E-state index is 12.1. The number of hydrogen-bond donors (Lipinski definition) is 7. The van der Waals surface area contributed by atoms with Crippen molar-refractivity contribution in [1.82, 2.24) is 10.8 Å². The van der Waals surface area contributed by atoms with Crippen LogP contribution in [0.5, 0.6) is 0 Å². The normalized spacial score (nSPS) is 22.3. The standard InChI is InChI=1S/C28H46N2O12/c31-22(13-12-21-8-4-3-5-9-21)14-15-25-24(26(32)18-27(25)33)10-6-1-2-7-11-28(34)40-19-23(20-42-30(37)38)39-16-17-41-29(35)36/h1,3-6,8-9,22-27,31-33,35-38H,2,7,10-20H2/b6-1-/t22-,23?,24+,25+,26-,27+/m0/s1. The average Bonchev–Trinajstić information content (AvgIpc) is 3.23. The molecule has 42 heavy (non-hydrogen) atoms. The van der Waals surface area contributed by atoms with E-state index in [1.807, 2.05) is 42.5 Å². The molecule has 6 atom stereocenters. The SMILES string of the molecule is O=C(CCC/C=C\C[C@@H]1[C@@H](CC[C@@H](O)CCc2ccccc2)[C@H](O)C[C@@H]1O)OCC(CON(O)O)OCCON(O)O. The fourth-order valence-electron chi connectivity index (χ4n) is 5.03. The summed E-state index contributed by atoms with van der Waals surface area (Å²) in [7, 11) is 0. The molecule has 14 heteroatoms. The number of rotatable bonds is 22. The number of aryl methyl sites for hydroxylation is 1. The van der Waals surface area contributed by atoms with Gasteiger partial charge in [0.2, 0.25) is 0 Å². The van der Waals surface area contributed by atoms with Gasteiger partial charge < -0.3 is 24.8 Å². The van der Waals surface area contributed by atoms with E-state index in [2.05, 4.69) is 9.68 Å². The van der Waals surface area contributed by atoms with Gasteiger partial charge in [0, 0.05) is 6.42 Å². The molecule has 0 heterocycles. The van der Waals surface area contributed by atoms with Gasteiger partial charge in [-0.2, -0.15) is 0 Å². The van der Waals surface area contributed by atoms with Crippen LogP contribution in [0.1, 0.15) is 56.9 Å². The second kappa shape index (κ2) is 20.8. The van der Waals surface area contributed by atoms with E-state index < -0.39 is 41.2 Å². The number of ether oxygens (including phenoxy) is 2. The Hall–Kier alpha value is -2.05. The number of nitrogens with zero attached hydrogens (tertiary/aromatic N) is 2. The van der Waals surface area contributed by atoms with Gasteiger partial charge in [-0.05, 0) is 68.8 Å². The van der Waals surface area contributed by atoms with Crippen LogP contribution in [0.15, 0.2) is 42.5 Å². The first-order chi connectivity index (χ1) is 20.2. The number of allylic oxidation sites excluding steroid dienone is 2. The highest BCUT2D eigenvalue weighted by atomic mass is 17.1. The Labute approximate surface area is 245 Å². The third-order valence-electron chi connectivity index (χ3n) is 7.24. The summed E-state index contributed by atoms with van der Waals surface area (Å²) >= 11 is 0. The van der Waals surface area contributed by atoms with Crippen molar-refractivity contribution in [3.63, 3.8) is 0 Å². The molecule has 1 unspecified atom stereocenters. The molecule has 0 bridgehead atoms. The molecule has 0 aliphatic heterocycles. The van der Waals surface area contributed by atoms with Gasteiger partial charge >= 0.3 is 5.97 Å². The van der Waals surface area contributed by atoms with Crippen LogP contribution in [-0.2, 0) is 30.4 Å². The summed E-state index contributed by atoms with van der Waals surface area (Å²) in [5, 5.41) is 64.8. The first kappa shape index (κ1) is 36.1. The van der Waals surface area contributed by atoms with Gasteiger partial charge in [-0.1, -0.05) is 42.5 Å². The monoisotopic (exact) mass is 602 g/mol. The molecular formula is C28H46N2O12. The summed E-state index contributed by atoms with van der Waals surface area (Å²) in [6.45, 7) is -0.970. The number of hydrogen-bond acceptors (Lipinski definition) is 14. The molecule has 0 spiro atoms. The van der Waals surface area contributed by atoms with Crippen molar-refractivity contribution in [2.24, 2.45) is 11.8 Å². The summed E-state index contributed by atoms with van der Waals surface area (Å²) in [4.78, 5) is 20.9. The molecule has 1 fully saturated rings. The fourth-order valence-corrected chi connectivity index (χ4v) is 5.03. The van der Waals surface area contributed by atoms with Crippen LogP contribution >= 0.6 is 0 Å². The maximum absolute atomic E-state index is 12.1. The number of esters is 1. The Morgan fingerprint density at radius 1 is 0.929 bits per heavy atom. The zero-order valence-electron chi connectivity index (χ0n) is 23.8. The zero-order chi connectivity index (χ0) is 30.7. The van der Waals surface area contributed by atoms with Crippen LogP contribution in [0.2, 0.25) is 0 Å². The lowest BCUT2D eigenvalue weighted by Gasteiger charge is -2.23. The molecule has 0 saturated heterocycles. The quantitative estimate of drug-likeness (QED) is 0.0440. The molecule has 1 aromatic carbocycles. The summed E-state index contributed by atoms with van der Waals surface area (Å²) in [5.41, 5.74) is 1.18. The van der Waals surface area contributed by atoms with Crippen molar-refractivity contribution in [2.45, 2.75) is 82.2 Å². The van der Waals surface area contributed by atoms with E-state index in [1.165, 1.54) is 5.56 Å². The second-order valence-electron chi connectivity index (χ2n) is 10.4. The molecular weight excluding hydrogens is 556 g/mol. The molecule has 0 amide bonds. The Morgan fingerprint density at radius 2 is 1.64 bits per heavy atom. The van der Waals surface area contributed by atoms with E-state index in [0.717, 1.165) is 6.42 Å². The van der Waals surface area contributed by atoms with Gasteiger partial charge in [-0.25, -0.2) is 9.68 Å². The third-order valence-corrected chi connectivity index (χ3v) is 7.24. The first-order valence-electron chi connectivity index (χ1n) is 14.3. The van der Waals surface area contributed by atoms with Crippen LogP contribution in [0, 0.1) is 11.8 Å². The largest absolute Gasteiger partial charge is 0.463 e.